The van der Waals surface area contributed by atoms with E-state index in [1.54, 1.807) is 12.4 Å². The minimum Gasteiger partial charge on any atom is -0.371 e. The van der Waals surface area contributed by atoms with Crippen LogP contribution in [0.2, 0.25) is 0 Å². The lowest BCUT2D eigenvalue weighted by Gasteiger charge is -2.35. The van der Waals surface area contributed by atoms with Crippen LogP contribution in [0.3, 0.4) is 0 Å². The average Bonchev–Trinajstić information content (AvgIpc) is 2.99. The topological polar surface area (TPSA) is 74.3 Å². The molecule has 2 N–H and O–H groups in total. The molecule has 3 aromatic rings. The number of nitrogens with zero attached hydrogens (tertiary/aromatic N) is 2. The summed E-state index contributed by atoms with van der Waals surface area (Å²) in [5.74, 6) is 0.506. The number of anilines is 2. The second-order valence-electron chi connectivity index (χ2n) is 11.0. The number of aromatic nitrogens is 1. The Bertz CT molecular complexity index is 1190. The van der Waals surface area contributed by atoms with Gasteiger partial charge in [0.25, 0.3) is 5.91 Å². The first-order valence-corrected chi connectivity index (χ1v) is 15.0. The fourth-order valence-corrected chi connectivity index (χ4v) is 5.47. The van der Waals surface area contributed by atoms with Crippen molar-refractivity contribution in [1.29, 1.82) is 0 Å². The zero-order valence-corrected chi connectivity index (χ0v) is 23.9. The predicted octanol–water partition coefficient (Wildman–Crippen LogP) is 7.16. The summed E-state index contributed by atoms with van der Waals surface area (Å²) in [7, 11) is 0. The van der Waals surface area contributed by atoms with E-state index in [0.717, 1.165) is 56.4 Å². The summed E-state index contributed by atoms with van der Waals surface area (Å²) in [6.45, 7) is 4.42. The summed E-state index contributed by atoms with van der Waals surface area (Å²) in [6.07, 6.45) is 14.1. The normalized spacial score (nSPS) is 13.7. The van der Waals surface area contributed by atoms with E-state index in [9.17, 15) is 9.59 Å². The van der Waals surface area contributed by atoms with E-state index in [4.69, 9.17) is 0 Å². The summed E-state index contributed by atoms with van der Waals surface area (Å²) >= 11 is 0. The number of nitrogens with one attached hydrogen (secondary N) is 2. The third-order valence-electron chi connectivity index (χ3n) is 7.78. The molecule has 2 amide bonds. The van der Waals surface area contributed by atoms with Gasteiger partial charge in [0.2, 0.25) is 5.91 Å². The molecule has 0 bridgehead atoms. The Morgan fingerprint density at radius 3 is 2.40 bits per heavy atom. The van der Waals surface area contributed by atoms with E-state index in [1.165, 1.54) is 31.2 Å². The van der Waals surface area contributed by atoms with Crippen LogP contribution in [0.15, 0.2) is 73.1 Å². The summed E-state index contributed by atoms with van der Waals surface area (Å²) in [6, 6.07) is 20.3. The molecule has 4 rings (SSSR count). The lowest BCUT2D eigenvalue weighted by Crippen LogP contribution is -2.36. The number of carbonyl (C=O) groups excluding carboxylic acids is 2. The van der Waals surface area contributed by atoms with E-state index >= 15 is 0 Å². The Labute approximate surface area is 239 Å². The van der Waals surface area contributed by atoms with Crippen LogP contribution in [0, 0.1) is 5.92 Å². The molecule has 40 heavy (non-hydrogen) atoms. The molecule has 0 aliphatic carbocycles. The lowest BCUT2D eigenvalue weighted by molar-refractivity contribution is -0.116. The second-order valence-corrected chi connectivity index (χ2v) is 11.0. The first kappa shape index (κ1) is 29.3. The predicted molar refractivity (Wildman–Crippen MR) is 164 cm³/mol. The summed E-state index contributed by atoms with van der Waals surface area (Å²) in [5, 5.41) is 6.09. The van der Waals surface area contributed by atoms with Crippen molar-refractivity contribution in [2.45, 2.75) is 77.7 Å². The smallest absolute Gasteiger partial charge is 0.253 e. The van der Waals surface area contributed by atoms with Crippen molar-refractivity contribution >= 4 is 23.2 Å². The first-order chi connectivity index (χ1) is 19.6. The van der Waals surface area contributed by atoms with Gasteiger partial charge in [-0.15, -0.1) is 0 Å². The van der Waals surface area contributed by atoms with Crippen LogP contribution in [0.5, 0.6) is 0 Å². The molecule has 2 heterocycles. The van der Waals surface area contributed by atoms with Gasteiger partial charge in [0.15, 0.2) is 0 Å². The van der Waals surface area contributed by atoms with E-state index in [-0.39, 0.29) is 11.8 Å². The summed E-state index contributed by atoms with van der Waals surface area (Å²) < 4.78 is 0. The van der Waals surface area contributed by atoms with Crippen molar-refractivity contribution in [3.05, 3.63) is 89.7 Å². The molecule has 212 valence electrons. The summed E-state index contributed by atoms with van der Waals surface area (Å²) in [5.41, 5.74) is 4.53. The number of piperidine rings is 1. The van der Waals surface area contributed by atoms with Gasteiger partial charge >= 0.3 is 0 Å². The highest BCUT2D eigenvalue weighted by Gasteiger charge is 2.24. The number of carbonyl (C=O) groups is 2. The molecule has 1 saturated heterocycles. The molecule has 0 radical (unpaired) electrons. The fourth-order valence-electron chi connectivity index (χ4n) is 5.47. The lowest BCUT2D eigenvalue weighted by atomic mass is 9.89. The largest absolute Gasteiger partial charge is 0.371 e. The molecule has 0 spiro atoms. The number of hydrogen-bond donors (Lipinski definition) is 2. The Kier molecular flexibility index (Phi) is 11.6. The monoisotopic (exact) mass is 540 g/mol. The van der Waals surface area contributed by atoms with Crippen molar-refractivity contribution in [2.24, 2.45) is 5.92 Å². The quantitative estimate of drug-likeness (QED) is 0.213. The van der Waals surface area contributed by atoms with E-state index in [1.807, 2.05) is 30.3 Å². The van der Waals surface area contributed by atoms with Crippen molar-refractivity contribution in [1.82, 2.24) is 10.3 Å². The van der Waals surface area contributed by atoms with Crippen molar-refractivity contribution in [2.75, 3.05) is 23.3 Å². The van der Waals surface area contributed by atoms with Gasteiger partial charge in [0.1, 0.15) is 0 Å². The molecule has 0 atom stereocenters. The van der Waals surface area contributed by atoms with Gasteiger partial charge in [-0.05, 0) is 67.0 Å². The van der Waals surface area contributed by atoms with Gasteiger partial charge < -0.3 is 15.5 Å². The minimum absolute atomic E-state index is 0.00619. The summed E-state index contributed by atoms with van der Waals surface area (Å²) in [4.78, 5) is 32.6. The Morgan fingerprint density at radius 1 is 0.900 bits per heavy atom. The molecule has 6 nitrogen and oxygen atoms in total. The third-order valence-corrected chi connectivity index (χ3v) is 7.78. The highest BCUT2D eigenvalue weighted by Crippen LogP contribution is 2.30. The maximum atomic E-state index is 13.5. The number of benzene rings is 2. The number of rotatable bonds is 14. The second kappa shape index (κ2) is 15.8. The third kappa shape index (κ3) is 9.22. The van der Waals surface area contributed by atoms with Crippen LogP contribution in [-0.2, 0) is 17.8 Å². The molecule has 6 heteroatoms. The van der Waals surface area contributed by atoms with Crippen LogP contribution in [0.4, 0.5) is 11.4 Å². The Morgan fingerprint density at radius 2 is 1.65 bits per heavy atom. The van der Waals surface area contributed by atoms with Crippen molar-refractivity contribution in [3.8, 4) is 0 Å². The van der Waals surface area contributed by atoms with Gasteiger partial charge in [-0.1, -0.05) is 75.4 Å². The SMILES string of the molecule is CCCCCCCCC(=O)Nc1ccc(N2CCC(Cc3ccccc3)CC2)c(C(=O)NCc2cccnc2)c1. The van der Waals surface area contributed by atoms with Crippen LogP contribution >= 0.6 is 0 Å². The first-order valence-electron chi connectivity index (χ1n) is 15.0. The van der Waals surface area contributed by atoms with E-state index in [2.05, 4.69) is 57.8 Å². The van der Waals surface area contributed by atoms with Crippen molar-refractivity contribution in [3.63, 3.8) is 0 Å². The van der Waals surface area contributed by atoms with Gasteiger partial charge in [-0.2, -0.15) is 0 Å². The molecule has 0 saturated carbocycles. The van der Waals surface area contributed by atoms with Gasteiger partial charge in [-0.3, -0.25) is 14.6 Å². The number of unbranched alkanes of at least 4 members (excludes halogenated alkanes) is 5. The zero-order chi connectivity index (χ0) is 28.0. The average molecular weight is 541 g/mol. The van der Waals surface area contributed by atoms with Crippen LogP contribution in [-0.4, -0.2) is 29.9 Å². The van der Waals surface area contributed by atoms with Crippen LogP contribution < -0.4 is 15.5 Å². The molecule has 1 aliphatic heterocycles. The van der Waals surface area contributed by atoms with Crippen LogP contribution in [0.1, 0.15) is 86.2 Å². The molecule has 1 aromatic heterocycles. The zero-order valence-electron chi connectivity index (χ0n) is 23.9. The van der Waals surface area contributed by atoms with Crippen LogP contribution in [0.25, 0.3) is 0 Å². The molecule has 0 unspecified atom stereocenters. The van der Waals surface area contributed by atoms with Gasteiger partial charge in [-0.25, -0.2) is 0 Å². The fraction of sp³-hybridized carbons (Fsp3) is 0.441. The van der Waals surface area contributed by atoms with Gasteiger partial charge in [0.05, 0.1) is 5.56 Å². The molecule has 1 aliphatic rings. The molecule has 1 fully saturated rings. The number of pyridine rings is 1. The molecule has 2 aromatic carbocycles. The Hall–Kier alpha value is -3.67. The van der Waals surface area contributed by atoms with E-state index < -0.39 is 0 Å². The maximum absolute atomic E-state index is 13.5. The number of amides is 2. The van der Waals surface area contributed by atoms with E-state index in [0.29, 0.717) is 30.1 Å². The number of hydrogen-bond acceptors (Lipinski definition) is 4. The van der Waals surface area contributed by atoms with Gasteiger partial charge in [0, 0.05) is 49.8 Å². The highest BCUT2D eigenvalue weighted by molar-refractivity contribution is 6.02. The standard InChI is InChI=1S/C34H44N4O2/c1-2-3-4-5-6-10-15-33(39)37-30-16-17-32(31(24-30)34(40)36-26-29-14-11-20-35-25-29)38-21-18-28(19-22-38)23-27-12-8-7-9-13-27/h7-9,11-14,16-17,20,24-25,28H,2-6,10,15,18-19,21-23,26H2,1H3,(H,36,40)(H,37,39). The minimum atomic E-state index is -0.141. The molecular formula is C34H44N4O2. The molecular weight excluding hydrogens is 496 g/mol. The van der Waals surface area contributed by atoms with Crippen molar-refractivity contribution < 1.29 is 9.59 Å². The highest BCUT2D eigenvalue weighted by atomic mass is 16.2. The maximum Gasteiger partial charge on any atom is 0.253 e. The Balaban J connectivity index is 1.40.